The molecule has 1 aliphatic rings. The fourth-order valence-electron chi connectivity index (χ4n) is 2.84. The largest absolute Gasteiger partial charge is 0.480 e. The van der Waals surface area contributed by atoms with Crippen molar-refractivity contribution < 1.29 is 14.6 Å². The monoisotopic (exact) mass is 292 g/mol. The lowest BCUT2D eigenvalue weighted by atomic mass is 9.88. The lowest BCUT2D eigenvalue weighted by Gasteiger charge is -2.40. The molecule has 2 rings (SSSR count). The minimum Gasteiger partial charge on any atom is -0.480 e. The first kappa shape index (κ1) is 15.9. The normalized spacial score (nSPS) is 22.7. The molecule has 1 fully saturated rings. The number of benzene rings is 1. The van der Waals surface area contributed by atoms with Crippen molar-refractivity contribution in [1.82, 2.24) is 10.2 Å². The summed E-state index contributed by atoms with van der Waals surface area (Å²) in [5.74, 6) is -0.839. The third-order valence-corrected chi connectivity index (χ3v) is 4.06. The molecule has 5 heteroatoms. The quantitative estimate of drug-likeness (QED) is 0.827. The number of ether oxygens (including phenoxy) is 1. The fraction of sp³-hybridized carbons (Fsp3) is 0.562. The van der Waals surface area contributed by atoms with E-state index in [1.807, 2.05) is 37.3 Å². The van der Waals surface area contributed by atoms with Crippen LogP contribution >= 0.6 is 0 Å². The smallest absolute Gasteiger partial charge is 0.329 e. The molecule has 1 aliphatic heterocycles. The highest BCUT2D eigenvalue weighted by Crippen LogP contribution is 2.25. The third-order valence-electron chi connectivity index (χ3n) is 4.06. The Balaban J connectivity index is 2.33. The van der Waals surface area contributed by atoms with Crippen LogP contribution in [0.15, 0.2) is 30.3 Å². The molecule has 1 saturated heterocycles. The molecule has 5 nitrogen and oxygen atoms in total. The number of carboxylic acids is 1. The maximum absolute atomic E-state index is 12.1. The summed E-state index contributed by atoms with van der Waals surface area (Å²) < 4.78 is 5.44. The van der Waals surface area contributed by atoms with Crippen molar-refractivity contribution in [2.24, 2.45) is 0 Å². The number of rotatable bonds is 6. The zero-order valence-electron chi connectivity index (χ0n) is 12.7. The van der Waals surface area contributed by atoms with Crippen LogP contribution in [0.3, 0.4) is 0 Å². The first-order valence-electron chi connectivity index (χ1n) is 7.46. The van der Waals surface area contributed by atoms with Crippen molar-refractivity contribution in [3.63, 3.8) is 0 Å². The van der Waals surface area contributed by atoms with Crippen molar-refractivity contribution >= 4 is 5.97 Å². The van der Waals surface area contributed by atoms with Crippen LogP contribution in [-0.4, -0.2) is 54.9 Å². The highest BCUT2D eigenvalue weighted by Gasteiger charge is 2.42. The van der Waals surface area contributed by atoms with E-state index in [4.69, 9.17) is 4.74 Å². The molecule has 21 heavy (non-hydrogen) atoms. The Morgan fingerprint density at radius 1 is 1.48 bits per heavy atom. The molecule has 1 aromatic rings. The molecule has 2 unspecified atom stereocenters. The zero-order valence-corrected chi connectivity index (χ0v) is 12.7. The summed E-state index contributed by atoms with van der Waals surface area (Å²) >= 11 is 0. The second kappa shape index (κ2) is 7.02. The minimum atomic E-state index is -1.08. The molecule has 0 radical (unpaired) electrons. The summed E-state index contributed by atoms with van der Waals surface area (Å²) in [6.07, 6.45) is 0. The number of hydrogen-bond acceptors (Lipinski definition) is 4. The summed E-state index contributed by atoms with van der Waals surface area (Å²) in [5, 5.41) is 13.1. The van der Waals surface area contributed by atoms with Gasteiger partial charge in [-0.3, -0.25) is 10.2 Å². The van der Waals surface area contributed by atoms with Gasteiger partial charge in [0.2, 0.25) is 0 Å². The first-order chi connectivity index (χ1) is 10.1. The van der Waals surface area contributed by atoms with E-state index < -0.39 is 11.5 Å². The van der Waals surface area contributed by atoms with Gasteiger partial charge in [0.1, 0.15) is 0 Å². The van der Waals surface area contributed by atoms with Gasteiger partial charge in [0.25, 0.3) is 0 Å². The Bertz CT molecular complexity index is 466. The van der Waals surface area contributed by atoms with Crippen LogP contribution in [0.25, 0.3) is 0 Å². The van der Waals surface area contributed by atoms with Crippen LogP contribution < -0.4 is 5.32 Å². The lowest BCUT2D eigenvalue weighted by molar-refractivity contribution is -0.147. The molecule has 1 heterocycles. The second-order valence-electron chi connectivity index (χ2n) is 5.50. The Morgan fingerprint density at radius 2 is 2.19 bits per heavy atom. The Kier molecular flexibility index (Phi) is 5.33. The van der Waals surface area contributed by atoms with Gasteiger partial charge in [0, 0.05) is 19.1 Å². The average molecular weight is 292 g/mol. The SMILES string of the molecule is CCNC(CN1CCOCC1C)(C(=O)O)c1ccccc1. The predicted molar refractivity (Wildman–Crippen MR) is 81.3 cm³/mol. The topological polar surface area (TPSA) is 61.8 Å². The number of likely N-dealkylation sites (N-methyl/N-ethyl adjacent to an activating group) is 1. The summed E-state index contributed by atoms with van der Waals surface area (Å²) in [5.41, 5.74) is -0.292. The van der Waals surface area contributed by atoms with Crippen LogP contribution in [0.1, 0.15) is 19.4 Å². The van der Waals surface area contributed by atoms with Gasteiger partial charge < -0.3 is 9.84 Å². The number of aliphatic carboxylic acids is 1. The second-order valence-corrected chi connectivity index (χ2v) is 5.50. The van der Waals surface area contributed by atoms with Gasteiger partial charge in [-0.15, -0.1) is 0 Å². The van der Waals surface area contributed by atoms with E-state index in [-0.39, 0.29) is 6.04 Å². The first-order valence-corrected chi connectivity index (χ1v) is 7.46. The number of nitrogens with zero attached hydrogens (tertiary/aromatic N) is 1. The number of nitrogens with one attached hydrogen (secondary N) is 1. The van der Waals surface area contributed by atoms with E-state index in [2.05, 4.69) is 17.1 Å². The van der Waals surface area contributed by atoms with Gasteiger partial charge in [-0.05, 0) is 19.0 Å². The third kappa shape index (κ3) is 3.43. The van der Waals surface area contributed by atoms with Crippen molar-refractivity contribution in [3.8, 4) is 0 Å². The van der Waals surface area contributed by atoms with Crippen molar-refractivity contribution in [3.05, 3.63) is 35.9 Å². The molecule has 0 bridgehead atoms. The molecule has 0 saturated carbocycles. The van der Waals surface area contributed by atoms with Crippen molar-refractivity contribution in [2.45, 2.75) is 25.4 Å². The van der Waals surface area contributed by atoms with Crippen molar-refractivity contribution in [1.29, 1.82) is 0 Å². The fourth-order valence-corrected chi connectivity index (χ4v) is 2.84. The number of carboxylic acid groups (broad SMARTS) is 1. The summed E-state index contributed by atoms with van der Waals surface area (Å²) in [7, 11) is 0. The molecular weight excluding hydrogens is 268 g/mol. The molecular formula is C16H24N2O3. The van der Waals surface area contributed by atoms with Crippen LogP contribution in [0.4, 0.5) is 0 Å². The van der Waals surface area contributed by atoms with E-state index in [1.54, 1.807) is 0 Å². The van der Waals surface area contributed by atoms with E-state index in [9.17, 15) is 9.90 Å². The van der Waals surface area contributed by atoms with Gasteiger partial charge in [-0.25, -0.2) is 4.79 Å². The highest BCUT2D eigenvalue weighted by atomic mass is 16.5. The van der Waals surface area contributed by atoms with Crippen LogP contribution in [-0.2, 0) is 15.1 Å². The number of morpholine rings is 1. The lowest BCUT2D eigenvalue weighted by Crippen LogP contribution is -2.59. The molecule has 0 aliphatic carbocycles. The van der Waals surface area contributed by atoms with Crippen LogP contribution in [0, 0.1) is 0 Å². The molecule has 2 atom stereocenters. The van der Waals surface area contributed by atoms with E-state index in [0.29, 0.717) is 26.3 Å². The summed E-state index contributed by atoms with van der Waals surface area (Å²) in [6, 6.07) is 9.64. The molecule has 2 N–H and O–H groups in total. The number of hydrogen-bond donors (Lipinski definition) is 2. The molecule has 0 aromatic heterocycles. The van der Waals surface area contributed by atoms with Gasteiger partial charge in [0.15, 0.2) is 5.54 Å². The highest BCUT2D eigenvalue weighted by molar-refractivity contribution is 5.81. The minimum absolute atomic E-state index is 0.222. The Morgan fingerprint density at radius 3 is 2.76 bits per heavy atom. The summed E-state index contributed by atoms with van der Waals surface area (Å²) in [4.78, 5) is 14.3. The molecule has 1 aromatic carbocycles. The van der Waals surface area contributed by atoms with E-state index >= 15 is 0 Å². The van der Waals surface area contributed by atoms with E-state index in [1.165, 1.54) is 0 Å². The molecule has 0 amide bonds. The van der Waals surface area contributed by atoms with Gasteiger partial charge in [-0.2, -0.15) is 0 Å². The van der Waals surface area contributed by atoms with Crippen LogP contribution in [0.5, 0.6) is 0 Å². The maximum Gasteiger partial charge on any atom is 0.329 e. The Labute approximate surface area is 125 Å². The molecule has 116 valence electrons. The average Bonchev–Trinajstić information content (AvgIpc) is 2.49. The molecule has 0 spiro atoms. The van der Waals surface area contributed by atoms with E-state index in [0.717, 1.165) is 12.1 Å². The van der Waals surface area contributed by atoms with Gasteiger partial charge in [0.05, 0.1) is 13.2 Å². The standard InChI is InChI=1S/C16H24N2O3/c1-3-17-16(15(19)20,14-7-5-4-6-8-14)12-18-9-10-21-11-13(18)2/h4-8,13,17H,3,9-12H2,1-2H3,(H,19,20). The van der Waals surface area contributed by atoms with Crippen molar-refractivity contribution in [2.75, 3.05) is 32.8 Å². The van der Waals surface area contributed by atoms with Gasteiger partial charge in [-0.1, -0.05) is 37.3 Å². The van der Waals surface area contributed by atoms with Crippen LogP contribution in [0.2, 0.25) is 0 Å². The number of carbonyl (C=O) groups is 1. The zero-order chi connectivity index (χ0) is 15.3. The Hall–Kier alpha value is -1.43. The predicted octanol–water partition coefficient (Wildman–Crippen LogP) is 1.30. The maximum atomic E-state index is 12.1. The van der Waals surface area contributed by atoms with Gasteiger partial charge >= 0.3 is 5.97 Å². The summed E-state index contributed by atoms with van der Waals surface area (Å²) in [6.45, 7) is 7.10.